The Labute approximate surface area is 80.0 Å². The van der Waals surface area contributed by atoms with Crippen LogP contribution >= 0.6 is 0 Å². The molecule has 0 aromatic rings. The van der Waals surface area contributed by atoms with E-state index in [1.54, 1.807) is 0 Å². The topological polar surface area (TPSA) is 38.7 Å². The van der Waals surface area contributed by atoms with Gasteiger partial charge < -0.3 is 14.6 Å². The molecule has 0 aliphatic carbocycles. The van der Waals surface area contributed by atoms with Crippen LogP contribution in [0.15, 0.2) is 0 Å². The van der Waals surface area contributed by atoms with E-state index in [2.05, 4.69) is 0 Å². The number of rotatable bonds is 2. The molecule has 0 bridgehead atoms. The molecule has 0 aromatic heterocycles. The summed E-state index contributed by atoms with van der Waals surface area (Å²) in [5.41, 5.74) is -0.834. The molecule has 0 unspecified atom stereocenters. The smallest absolute Gasteiger partial charge is 0.0924 e. The minimum Gasteiger partial charge on any atom is -0.387 e. The molecule has 1 saturated heterocycles. The Hall–Kier alpha value is -0.120. The Bertz CT molecular complexity index is 154. The van der Waals surface area contributed by atoms with Crippen molar-refractivity contribution in [3.63, 3.8) is 0 Å². The number of aliphatic hydroxyl groups is 1. The van der Waals surface area contributed by atoms with Crippen LogP contribution in [0.5, 0.6) is 0 Å². The van der Waals surface area contributed by atoms with Crippen molar-refractivity contribution in [2.45, 2.75) is 44.8 Å². The maximum Gasteiger partial charge on any atom is 0.0924 e. The average Bonchev–Trinajstić information content (AvgIpc) is 2.02. The highest BCUT2D eigenvalue weighted by atomic mass is 16.5. The zero-order valence-electron chi connectivity index (χ0n) is 8.80. The lowest BCUT2D eigenvalue weighted by Gasteiger charge is -2.34. The molecule has 1 rings (SSSR count). The van der Waals surface area contributed by atoms with Gasteiger partial charge in [-0.3, -0.25) is 0 Å². The third kappa shape index (κ3) is 4.07. The van der Waals surface area contributed by atoms with Crippen molar-refractivity contribution in [1.29, 1.82) is 0 Å². The van der Waals surface area contributed by atoms with Gasteiger partial charge in [-0.2, -0.15) is 0 Å². The Balaban J connectivity index is 2.33. The standard InChI is InChI=1S/C10H20O3/c1-9(2,3)13-8-10(11)4-6-12-7-5-10/h11H,4-8H2,1-3H3. The first kappa shape index (κ1) is 11.0. The summed E-state index contributed by atoms with van der Waals surface area (Å²) in [7, 11) is 0. The molecule has 0 radical (unpaired) electrons. The average molecular weight is 188 g/mol. The zero-order chi connectivity index (χ0) is 9.95. The third-order valence-corrected chi connectivity index (χ3v) is 2.20. The molecule has 1 aliphatic heterocycles. The number of hydrogen-bond donors (Lipinski definition) is 1. The summed E-state index contributed by atoms with van der Waals surface area (Å²) >= 11 is 0. The van der Waals surface area contributed by atoms with Gasteiger partial charge in [-0.25, -0.2) is 0 Å². The summed E-state index contributed by atoms with van der Waals surface area (Å²) in [5.74, 6) is 0. The van der Waals surface area contributed by atoms with Crippen LogP contribution in [0.3, 0.4) is 0 Å². The predicted octanol–water partition coefficient (Wildman–Crippen LogP) is 1.34. The van der Waals surface area contributed by atoms with Gasteiger partial charge in [0.2, 0.25) is 0 Å². The van der Waals surface area contributed by atoms with E-state index >= 15 is 0 Å². The molecule has 13 heavy (non-hydrogen) atoms. The fraction of sp³-hybridized carbons (Fsp3) is 1.00. The lowest BCUT2D eigenvalue weighted by Crippen LogP contribution is -2.42. The Morgan fingerprint density at radius 1 is 1.31 bits per heavy atom. The van der Waals surface area contributed by atoms with Gasteiger partial charge in [0.25, 0.3) is 0 Å². The minimum atomic E-state index is -0.661. The van der Waals surface area contributed by atoms with Crippen LogP contribution < -0.4 is 0 Å². The molecule has 1 N–H and O–H groups in total. The van der Waals surface area contributed by atoms with Gasteiger partial charge in [-0.15, -0.1) is 0 Å². The fourth-order valence-electron chi connectivity index (χ4n) is 1.25. The van der Waals surface area contributed by atoms with Gasteiger partial charge in [0.1, 0.15) is 0 Å². The van der Waals surface area contributed by atoms with E-state index in [1.165, 1.54) is 0 Å². The molecule has 3 nitrogen and oxygen atoms in total. The second-order valence-corrected chi connectivity index (χ2v) is 4.74. The van der Waals surface area contributed by atoms with Crippen molar-refractivity contribution < 1.29 is 14.6 Å². The van der Waals surface area contributed by atoms with E-state index in [9.17, 15) is 5.11 Å². The molecule has 78 valence electrons. The second-order valence-electron chi connectivity index (χ2n) is 4.74. The van der Waals surface area contributed by atoms with Gasteiger partial charge in [0, 0.05) is 26.1 Å². The molecular weight excluding hydrogens is 168 g/mol. The largest absolute Gasteiger partial charge is 0.387 e. The monoisotopic (exact) mass is 188 g/mol. The van der Waals surface area contributed by atoms with Crippen molar-refractivity contribution >= 4 is 0 Å². The number of ether oxygens (including phenoxy) is 2. The van der Waals surface area contributed by atoms with E-state index in [0.717, 1.165) is 0 Å². The van der Waals surface area contributed by atoms with Gasteiger partial charge in [0.15, 0.2) is 0 Å². The van der Waals surface area contributed by atoms with Crippen LogP contribution in [-0.2, 0) is 9.47 Å². The highest BCUT2D eigenvalue weighted by molar-refractivity contribution is 4.81. The highest BCUT2D eigenvalue weighted by Gasteiger charge is 2.31. The van der Waals surface area contributed by atoms with Gasteiger partial charge in [-0.05, 0) is 20.8 Å². The molecular formula is C10H20O3. The van der Waals surface area contributed by atoms with Crippen molar-refractivity contribution in [3.8, 4) is 0 Å². The van der Waals surface area contributed by atoms with E-state index in [0.29, 0.717) is 32.7 Å². The van der Waals surface area contributed by atoms with Crippen LogP contribution in [0.25, 0.3) is 0 Å². The molecule has 3 heteroatoms. The quantitative estimate of drug-likeness (QED) is 0.710. The van der Waals surface area contributed by atoms with Crippen LogP contribution in [0.2, 0.25) is 0 Å². The summed E-state index contributed by atoms with van der Waals surface area (Å²) in [6.45, 7) is 7.69. The van der Waals surface area contributed by atoms with Crippen LogP contribution in [0.1, 0.15) is 33.6 Å². The van der Waals surface area contributed by atoms with E-state index in [-0.39, 0.29) is 5.60 Å². The first-order valence-electron chi connectivity index (χ1n) is 4.85. The molecule has 0 aromatic carbocycles. The molecule has 0 amide bonds. The Kier molecular flexibility index (Phi) is 3.33. The summed E-state index contributed by atoms with van der Waals surface area (Å²) < 4.78 is 10.7. The van der Waals surface area contributed by atoms with E-state index in [4.69, 9.17) is 9.47 Å². The fourth-order valence-corrected chi connectivity index (χ4v) is 1.25. The summed E-state index contributed by atoms with van der Waals surface area (Å²) in [6, 6.07) is 0. The van der Waals surface area contributed by atoms with E-state index in [1.807, 2.05) is 20.8 Å². The first-order valence-corrected chi connectivity index (χ1v) is 4.85. The Morgan fingerprint density at radius 2 is 1.85 bits per heavy atom. The van der Waals surface area contributed by atoms with Crippen LogP contribution in [-0.4, -0.2) is 36.1 Å². The number of hydrogen-bond acceptors (Lipinski definition) is 3. The van der Waals surface area contributed by atoms with Crippen LogP contribution in [0.4, 0.5) is 0 Å². The normalized spacial score (nSPS) is 23.1. The van der Waals surface area contributed by atoms with Crippen molar-refractivity contribution in [2.75, 3.05) is 19.8 Å². The highest BCUT2D eigenvalue weighted by Crippen LogP contribution is 2.22. The zero-order valence-corrected chi connectivity index (χ0v) is 8.80. The SMILES string of the molecule is CC(C)(C)OCC1(O)CCOCC1. The summed E-state index contributed by atoms with van der Waals surface area (Å²) in [4.78, 5) is 0. The molecule has 1 aliphatic rings. The summed E-state index contributed by atoms with van der Waals surface area (Å²) in [6.07, 6.45) is 1.37. The van der Waals surface area contributed by atoms with Gasteiger partial charge >= 0.3 is 0 Å². The lowest BCUT2D eigenvalue weighted by atomic mass is 9.95. The lowest BCUT2D eigenvalue weighted by molar-refractivity contribution is -0.137. The van der Waals surface area contributed by atoms with Crippen LogP contribution in [0, 0.1) is 0 Å². The first-order chi connectivity index (χ1) is 5.91. The second kappa shape index (κ2) is 3.95. The van der Waals surface area contributed by atoms with Gasteiger partial charge in [0.05, 0.1) is 17.8 Å². The van der Waals surface area contributed by atoms with Crippen molar-refractivity contribution in [3.05, 3.63) is 0 Å². The van der Waals surface area contributed by atoms with Gasteiger partial charge in [-0.1, -0.05) is 0 Å². The Morgan fingerprint density at radius 3 is 2.31 bits per heavy atom. The van der Waals surface area contributed by atoms with E-state index < -0.39 is 5.60 Å². The maximum absolute atomic E-state index is 10.0. The molecule has 0 spiro atoms. The molecule has 0 atom stereocenters. The third-order valence-electron chi connectivity index (χ3n) is 2.20. The van der Waals surface area contributed by atoms with Crippen molar-refractivity contribution in [2.24, 2.45) is 0 Å². The predicted molar refractivity (Wildman–Crippen MR) is 50.7 cm³/mol. The summed E-state index contributed by atoms with van der Waals surface area (Å²) in [5, 5.41) is 10.0. The molecule has 1 heterocycles. The molecule has 0 saturated carbocycles. The minimum absolute atomic E-state index is 0.173. The molecule has 1 fully saturated rings. The van der Waals surface area contributed by atoms with Crippen molar-refractivity contribution in [1.82, 2.24) is 0 Å². The maximum atomic E-state index is 10.0.